The minimum Gasteiger partial charge on any atom is -0.379 e. The van der Waals surface area contributed by atoms with E-state index in [0.717, 1.165) is 24.1 Å². The summed E-state index contributed by atoms with van der Waals surface area (Å²) in [6.45, 7) is 2.87. The number of hydrogen-bond donors (Lipinski definition) is 2. The van der Waals surface area contributed by atoms with Crippen molar-refractivity contribution in [1.29, 1.82) is 0 Å². The van der Waals surface area contributed by atoms with Gasteiger partial charge in [0.2, 0.25) is 5.95 Å². The van der Waals surface area contributed by atoms with E-state index in [1.54, 1.807) is 10.8 Å². The van der Waals surface area contributed by atoms with Crippen molar-refractivity contribution in [2.24, 2.45) is 0 Å². The molecule has 0 spiro atoms. The second kappa shape index (κ2) is 9.84. The number of nitrogens with one attached hydrogen (secondary N) is 2. The largest absolute Gasteiger partial charge is 0.379 e. The third kappa shape index (κ3) is 5.17. The molecule has 1 atom stereocenters. The van der Waals surface area contributed by atoms with Gasteiger partial charge in [-0.2, -0.15) is 18.5 Å². The monoisotopic (exact) mass is 448 g/mol. The number of carbonyl (C=O) groups excluding carboxylic acids is 1. The molecular weight excluding hydrogens is 426 g/mol. The smallest absolute Gasteiger partial charge is 0.271 e. The Kier molecular flexibility index (Phi) is 7.18. The Morgan fingerprint density at radius 1 is 1.29 bits per heavy atom. The van der Waals surface area contributed by atoms with Crippen LogP contribution in [0.25, 0.3) is 5.82 Å². The standard InChI is InChI=1S/C20H20F2N6O2.H2S/c1-12-7-24-20(26-13-5-6-30-10-13)27-18(12)28-9-17(25-11-28)19(29)23-8-14-15(21)3-2-4-16(14)22;/h2-4,7,9,11,13H,5-6,8,10H2,1H3,(H,23,29)(H,24,26,27);1H2. The van der Waals surface area contributed by atoms with Gasteiger partial charge in [0, 0.05) is 36.7 Å². The minimum absolute atomic E-state index is 0. The third-order valence-corrected chi connectivity index (χ3v) is 4.76. The van der Waals surface area contributed by atoms with E-state index in [0.29, 0.717) is 25.0 Å². The number of amides is 1. The van der Waals surface area contributed by atoms with Crippen LogP contribution in [0, 0.1) is 18.6 Å². The van der Waals surface area contributed by atoms with Gasteiger partial charge in [0.25, 0.3) is 5.91 Å². The molecule has 1 amide bonds. The number of halogens is 2. The number of aromatic nitrogens is 4. The van der Waals surface area contributed by atoms with Crippen LogP contribution in [-0.4, -0.2) is 44.7 Å². The van der Waals surface area contributed by atoms with E-state index in [-0.39, 0.29) is 37.3 Å². The zero-order valence-electron chi connectivity index (χ0n) is 16.7. The van der Waals surface area contributed by atoms with Crippen molar-refractivity contribution in [3.8, 4) is 5.82 Å². The molecule has 8 nitrogen and oxygen atoms in total. The highest BCUT2D eigenvalue weighted by atomic mass is 32.1. The Balaban J connectivity index is 0.00000272. The SMILES string of the molecule is Cc1cnc(NC2CCOC2)nc1-n1cnc(C(=O)NCc2c(F)cccc2F)c1.S. The molecule has 1 saturated heterocycles. The number of imidazole rings is 1. The molecule has 1 aliphatic rings. The summed E-state index contributed by atoms with van der Waals surface area (Å²) in [4.78, 5) is 25.3. The van der Waals surface area contributed by atoms with Gasteiger partial charge in [-0.05, 0) is 25.5 Å². The van der Waals surface area contributed by atoms with Crippen molar-refractivity contribution < 1.29 is 18.3 Å². The van der Waals surface area contributed by atoms with Gasteiger partial charge >= 0.3 is 0 Å². The normalized spacial score (nSPS) is 15.4. The Morgan fingerprint density at radius 3 is 2.77 bits per heavy atom. The van der Waals surface area contributed by atoms with Gasteiger partial charge in [-0.1, -0.05) is 6.07 Å². The van der Waals surface area contributed by atoms with E-state index in [1.165, 1.54) is 18.6 Å². The van der Waals surface area contributed by atoms with Gasteiger partial charge in [-0.3, -0.25) is 9.36 Å². The Bertz CT molecular complexity index is 1050. The quantitative estimate of drug-likeness (QED) is 0.602. The third-order valence-electron chi connectivity index (χ3n) is 4.76. The van der Waals surface area contributed by atoms with Crippen LogP contribution in [0.1, 0.15) is 28.0 Å². The summed E-state index contributed by atoms with van der Waals surface area (Å²) in [7, 11) is 0. The second-order valence-corrected chi connectivity index (χ2v) is 6.95. The van der Waals surface area contributed by atoms with Crippen LogP contribution < -0.4 is 10.6 Å². The first-order chi connectivity index (χ1) is 14.5. The highest BCUT2D eigenvalue weighted by molar-refractivity contribution is 7.59. The van der Waals surface area contributed by atoms with E-state index < -0.39 is 17.5 Å². The summed E-state index contributed by atoms with van der Waals surface area (Å²) >= 11 is 0. The number of ether oxygens (including phenoxy) is 1. The molecule has 11 heteroatoms. The highest BCUT2D eigenvalue weighted by Crippen LogP contribution is 2.16. The lowest BCUT2D eigenvalue weighted by atomic mass is 10.2. The first-order valence-corrected chi connectivity index (χ1v) is 9.44. The number of aryl methyl sites for hydroxylation is 1. The summed E-state index contributed by atoms with van der Waals surface area (Å²) in [6, 6.07) is 3.70. The van der Waals surface area contributed by atoms with E-state index >= 15 is 0 Å². The molecule has 0 saturated carbocycles. The molecule has 2 aromatic heterocycles. The van der Waals surface area contributed by atoms with E-state index in [4.69, 9.17) is 4.74 Å². The number of benzene rings is 1. The first kappa shape index (κ1) is 22.6. The predicted octanol–water partition coefficient (Wildman–Crippen LogP) is 2.49. The molecule has 3 aromatic rings. The predicted molar refractivity (Wildman–Crippen MR) is 115 cm³/mol. The number of rotatable bonds is 6. The molecule has 1 aliphatic heterocycles. The van der Waals surface area contributed by atoms with Crippen LogP contribution in [0.5, 0.6) is 0 Å². The Hall–Kier alpha value is -3.05. The van der Waals surface area contributed by atoms with Gasteiger partial charge in [0.05, 0.1) is 12.6 Å². The zero-order valence-corrected chi connectivity index (χ0v) is 17.7. The lowest BCUT2D eigenvalue weighted by Gasteiger charge is -2.12. The summed E-state index contributed by atoms with van der Waals surface area (Å²) in [5.41, 5.74) is 0.688. The van der Waals surface area contributed by atoms with Crippen LogP contribution in [0.3, 0.4) is 0 Å². The van der Waals surface area contributed by atoms with Gasteiger partial charge < -0.3 is 15.4 Å². The zero-order chi connectivity index (χ0) is 21.1. The first-order valence-electron chi connectivity index (χ1n) is 9.44. The maximum absolute atomic E-state index is 13.7. The summed E-state index contributed by atoms with van der Waals surface area (Å²) in [5, 5.41) is 5.71. The lowest BCUT2D eigenvalue weighted by Crippen LogP contribution is -2.24. The highest BCUT2D eigenvalue weighted by Gasteiger charge is 2.18. The maximum atomic E-state index is 13.7. The molecule has 0 aliphatic carbocycles. The van der Waals surface area contributed by atoms with Crippen molar-refractivity contribution in [2.75, 3.05) is 18.5 Å². The van der Waals surface area contributed by atoms with Gasteiger partial charge in [-0.25, -0.2) is 18.7 Å². The van der Waals surface area contributed by atoms with Crippen LogP contribution >= 0.6 is 13.5 Å². The van der Waals surface area contributed by atoms with Crippen molar-refractivity contribution in [2.45, 2.75) is 25.9 Å². The molecule has 31 heavy (non-hydrogen) atoms. The average molecular weight is 448 g/mol. The van der Waals surface area contributed by atoms with Gasteiger partial charge in [-0.15, -0.1) is 0 Å². The average Bonchev–Trinajstić information content (AvgIpc) is 3.41. The number of nitrogens with zero attached hydrogens (tertiary/aromatic N) is 4. The van der Waals surface area contributed by atoms with Gasteiger partial charge in [0.15, 0.2) is 0 Å². The lowest BCUT2D eigenvalue weighted by molar-refractivity contribution is 0.0945. The molecule has 1 unspecified atom stereocenters. The molecule has 164 valence electrons. The van der Waals surface area contributed by atoms with E-state index in [9.17, 15) is 13.6 Å². The number of anilines is 1. The minimum atomic E-state index is -0.717. The second-order valence-electron chi connectivity index (χ2n) is 6.95. The molecule has 0 radical (unpaired) electrons. The molecule has 3 heterocycles. The van der Waals surface area contributed by atoms with E-state index in [2.05, 4.69) is 25.6 Å². The molecule has 4 rings (SSSR count). The van der Waals surface area contributed by atoms with Crippen molar-refractivity contribution in [1.82, 2.24) is 24.8 Å². The molecule has 2 N–H and O–H groups in total. The van der Waals surface area contributed by atoms with Crippen LogP contribution in [0.15, 0.2) is 36.9 Å². The molecular formula is C20H22F2N6O2S. The fourth-order valence-electron chi connectivity index (χ4n) is 3.11. The Morgan fingerprint density at radius 2 is 2.06 bits per heavy atom. The van der Waals surface area contributed by atoms with Crippen molar-refractivity contribution in [3.05, 3.63) is 65.4 Å². The number of carbonyl (C=O) groups is 1. The van der Waals surface area contributed by atoms with Crippen LogP contribution in [0.4, 0.5) is 14.7 Å². The molecule has 1 aromatic carbocycles. The molecule has 1 fully saturated rings. The fraction of sp³-hybridized carbons (Fsp3) is 0.300. The molecule has 0 bridgehead atoms. The Labute approximate surface area is 184 Å². The number of hydrogen-bond acceptors (Lipinski definition) is 6. The summed E-state index contributed by atoms with van der Waals surface area (Å²) in [6.07, 6.45) is 5.52. The van der Waals surface area contributed by atoms with Gasteiger partial charge in [0.1, 0.15) is 29.5 Å². The van der Waals surface area contributed by atoms with Crippen LogP contribution in [-0.2, 0) is 11.3 Å². The van der Waals surface area contributed by atoms with Crippen LogP contribution in [0.2, 0.25) is 0 Å². The summed E-state index contributed by atoms with van der Waals surface area (Å²) < 4.78 is 34.4. The summed E-state index contributed by atoms with van der Waals surface area (Å²) in [5.74, 6) is -0.959. The van der Waals surface area contributed by atoms with Crippen molar-refractivity contribution in [3.63, 3.8) is 0 Å². The van der Waals surface area contributed by atoms with E-state index in [1.807, 2.05) is 6.92 Å². The topological polar surface area (TPSA) is 94.0 Å². The maximum Gasteiger partial charge on any atom is 0.271 e. The fourth-order valence-corrected chi connectivity index (χ4v) is 3.11. The van der Waals surface area contributed by atoms with Crippen molar-refractivity contribution >= 4 is 25.4 Å².